The first-order valence-corrected chi connectivity index (χ1v) is 33.0. The third-order valence-corrected chi connectivity index (χ3v) is 21.1. The number of rotatable bonds is 6. The van der Waals surface area contributed by atoms with Crippen LogP contribution in [0.4, 0.5) is 34.1 Å². The van der Waals surface area contributed by atoms with Gasteiger partial charge in [0.05, 0.1) is 52.6 Å². The third-order valence-electron chi connectivity index (χ3n) is 21.1. The summed E-state index contributed by atoms with van der Waals surface area (Å²) >= 11 is 0. The Labute approximate surface area is 609 Å². The van der Waals surface area contributed by atoms with Gasteiger partial charge in [-0.15, -0.1) is 0 Å². The lowest BCUT2D eigenvalue weighted by Crippen LogP contribution is -2.67. The molecule has 100 heavy (non-hydrogen) atoms. The van der Waals surface area contributed by atoms with E-state index in [1.807, 2.05) is 189 Å². The van der Waals surface area contributed by atoms with Crippen LogP contribution in [0.1, 0.15) is 35.7 Å². The number of para-hydroxylation sites is 8. The molecule has 9 heteroatoms. The summed E-state index contributed by atoms with van der Waals surface area (Å²) in [7, 11) is 0. The predicted molar refractivity (Wildman–Crippen MR) is 418 cm³/mol. The minimum Gasteiger partial charge on any atom is -0.459 e. The standard InChI is InChI=1S/C91H55B3N4O2/c1-54-50-73-81-74(51-54)98(87-61(57-30-10-4-11-31-57)38-23-39-62(87)58-32-12-5-13-33-58)78-53-76-83-91(100-80-49-21-17-43-68(80)93(83)70-45-25-41-66-64-35-15-19-47-72(64)96(76)89(66)70)85(78)94(81)84-77(97(73)86-59(55-26-6-2-7-27-55)36-22-37-60(86)56-28-8-3-9-29-56)52-75-82-90(84)99-79-48-20-16-42-67(79)92(82)69-44-24-40-65-63-34-14-18-46-71(63)95(75)88(65)69/h2-53H,1H3/i14D,15D,16D,17D,18D,19D,20D,21D,24D,25D,34D,35D,40D,41D,42D,43D,44D,45D,46D,47D,48D,49D. The quantitative estimate of drug-likeness (QED) is 0.155. The Hall–Kier alpha value is -12.7. The second-order valence-electron chi connectivity index (χ2n) is 26.0. The molecule has 8 heterocycles. The molecule has 0 bridgehead atoms. The van der Waals surface area contributed by atoms with Gasteiger partial charge in [0.15, 0.2) is 0 Å². The molecule has 23 rings (SSSR count). The van der Waals surface area contributed by atoms with Crippen molar-refractivity contribution in [3.8, 4) is 78.9 Å². The van der Waals surface area contributed by atoms with Crippen molar-refractivity contribution in [2.75, 3.05) is 9.80 Å². The Morgan fingerprint density at radius 3 is 1.05 bits per heavy atom. The molecule has 15 aromatic carbocycles. The molecule has 17 aromatic rings. The molecular formula is C91H55B3N4O2. The SMILES string of the molecule is [2H]c1c([2H])c([2H])c2c(c1[2H])Oc1c3c(cc4c1B2c1c([2H])c([2H])c([2H])c2c5c([2H])c([2H])c([2H])c([2H])c5n-4c12)N(c1c(-c2ccccc2)cccc1-c1ccccc1)c1cc(C)cc2c1B3c1c(cc3c4c1Oc1c([2H])c([2H])c([2H])c([2H])c1B4c1c([2H])c([2H])c([2H])c4c5c([2H])c([2H])c([2H])c([2H])c5n-3c14)N2c1c(-c2ccccc2)cccc1-c1ccccc1. The number of ether oxygens (including phenoxy) is 2. The lowest BCUT2D eigenvalue weighted by Gasteiger charge is -2.48. The molecule has 0 spiro atoms. The largest absolute Gasteiger partial charge is 0.459 e. The van der Waals surface area contributed by atoms with Crippen molar-refractivity contribution < 1.29 is 39.6 Å². The van der Waals surface area contributed by atoms with E-state index in [2.05, 4.69) is 9.80 Å². The normalized spacial score (nSPS) is 16.6. The van der Waals surface area contributed by atoms with Crippen LogP contribution in [-0.4, -0.2) is 29.3 Å². The van der Waals surface area contributed by atoms with Crippen molar-refractivity contribution in [2.24, 2.45) is 0 Å². The summed E-state index contributed by atoms with van der Waals surface area (Å²) < 4.78 is 236. The molecular weight excluding hydrogens is 1210 g/mol. The summed E-state index contributed by atoms with van der Waals surface area (Å²) in [6, 6.07) is 45.2. The van der Waals surface area contributed by atoms with Crippen LogP contribution in [0.15, 0.2) is 315 Å². The first-order valence-electron chi connectivity index (χ1n) is 44.0. The number of hydrogen-bond acceptors (Lipinski definition) is 4. The zero-order valence-electron chi connectivity index (χ0n) is 74.7. The highest BCUT2D eigenvalue weighted by Crippen LogP contribution is 2.56. The lowest BCUT2D eigenvalue weighted by atomic mass is 9.28. The van der Waals surface area contributed by atoms with Gasteiger partial charge in [-0.25, -0.2) is 0 Å². The average molecular weight is 1290 g/mol. The van der Waals surface area contributed by atoms with Crippen LogP contribution >= 0.6 is 0 Å². The lowest BCUT2D eigenvalue weighted by molar-refractivity contribution is 0.490. The molecule has 6 aliphatic heterocycles. The maximum Gasteiger partial charge on any atom is 0.261 e. The molecule has 0 aliphatic carbocycles. The maximum atomic E-state index is 10.4. The highest BCUT2D eigenvalue weighted by Gasteiger charge is 2.54. The summed E-state index contributed by atoms with van der Waals surface area (Å²) in [4.78, 5) is 4.24. The average Bonchev–Trinajstić information content (AvgIpc) is 1.18. The molecule has 0 unspecified atom stereocenters. The van der Waals surface area contributed by atoms with Gasteiger partial charge in [0.25, 0.3) is 20.1 Å². The Bertz CT molecular complexity index is 7280. The van der Waals surface area contributed by atoms with Crippen molar-refractivity contribution in [3.05, 3.63) is 320 Å². The fourth-order valence-corrected chi connectivity index (χ4v) is 17.3. The van der Waals surface area contributed by atoms with Gasteiger partial charge in [-0.3, -0.25) is 0 Å². The summed E-state index contributed by atoms with van der Waals surface area (Å²) in [5.41, 5.74) is 9.65. The van der Waals surface area contributed by atoms with Crippen LogP contribution in [0, 0.1) is 6.92 Å². The third kappa shape index (κ3) is 7.14. The second-order valence-corrected chi connectivity index (χ2v) is 26.0. The van der Waals surface area contributed by atoms with Gasteiger partial charge in [-0.05, 0) is 132 Å². The zero-order chi connectivity index (χ0) is 84.3. The molecule has 0 amide bonds. The minimum absolute atomic E-state index is 0.000172. The fourth-order valence-electron chi connectivity index (χ4n) is 17.3. The minimum atomic E-state index is -1.56. The van der Waals surface area contributed by atoms with E-state index in [4.69, 9.17) is 9.47 Å². The number of benzene rings is 15. The van der Waals surface area contributed by atoms with Gasteiger partial charge in [0, 0.05) is 89.0 Å². The van der Waals surface area contributed by atoms with Gasteiger partial charge < -0.3 is 28.4 Å². The zero-order valence-corrected chi connectivity index (χ0v) is 52.7. The van der Waals surface area contributed by atoms with E-state index in [0.717, 1.165) is 22.3 Å². The summed E-state index contributed by atoms with van der Waals surface area (Å²) in [6.45, 7) is -2.58. The van der Waals surface area contributed by atoms with Gasteiger partial charge >= 0.3 is 0 Å². The first-order chi connectivity index (χ1) is 58.7. The van der Waals surface area contributed by atoms with E-state index in [1.54, 1.807) is 9.13 Å². The Kier molecular flexibility index (Phi) is 7.62. The molecule has 0 saturated heterocycles. The van der Waals surface area contributed by atoms with Crippen molar-refractivity contribution >= 4 is 147 Å². The second kappa shape index (κ2) is 20.2. The van der Waals surface area contributed by atoms with Crippen molar-refractivity contribution in [3.63, 3.8) is 0 Å². The molecule has 6 nitrogen and oxygen atoms in total. The van der Waals surface area contributed by atoms with Crippen LogP contribution in [0.2, 0.25) is 0 Å². The highest BCUT2D eigenvalue weighted by molar-refractivity contribution is 7.05. The topological polar surface area (TPSA) is 34.8 Å². The Morgan fingerprint density at radius 1 is 0.300 bits per heavy atom. The highest BCUT2D eigenvalue weighted by atomic mass is 16.5. The smallest absolute Gasteiger partial charge is 0.261 e. The summed E-state index contributed by atoms with van der Waals surface area (Å²) in [6.07, 6.45) is 0. The number of aromatic nitrogens is 2. The number of hydrogen-bond donors (Lipinski definition) is 0. The van der Waals surface area contributed by atoms with Gasteiger partial charge in [0.2, 0.25) is 0 Å². The van der Waals surface area contributed by atoms with E-state index in [1.165, 1.54) is 0 Å². The molecule has 0 radical (unpaired) electrons. The molecule has 2 aromatic heterocycles. The maximum absolute atomic E-state index is 10.4. The molecule has 0 N–H and O–H groups in total. The number of anilines is 6. The van der Waals surface area contributed by atoms with E-state index in [0.29, 0.717) is 56.0 Å². The summed E-state index contributed by atoms with van der Waals surface area (Å²) in [5, 5.41) is -0.562. The summed E-state index contributed by atoms with van der Waals surface area (Å²) in [5.74, 6) is -0.989. The van der Waals surface area contributed by atoms with E-state index in [-0.39, 0.29) is 122 Å². The van der Waals surface area contributed by atoms with Crippen molar-refractivity contribution in [1.82, 2.24) is 9.13 Å². The fraction of sp³-hybridized carbons (Fsp3) is 0.0110. The van der Waals surface area contributed by atoms with Crippen LogP contribution in [0.25, 0.3) is 99.5 Å². The molecule has 460 valence electrons. The van der Waals surface area contributed by atoms with E-state index in [9.17, 15) is 30.2 Å². The van der Waals surface area contributed by atoms with Gasteiger partial charge in [-0.1, -0.05) is 266 Å². The van der Waals surface area contributed by atoms with Crippen molar-refractivity contribution in [2.45, 2.75) is 6.92 Å². The van der Waals surface area contributed by atoms with Crippen LogP contribution in [-0.2, 0) is 0 Å². The van der Waals surface area contributed by atoms with E-state index >= 15 is 0 Å². The molecule has 6 aliphatic rings. The van der Waals surface area contributed by atoms with Gasteiger partial charge in [0.1, 0.15) is 23.0 Å². The van der Waals surface area contributed by atoms with Gasteiger partial charge in [-0.2, -0.15) is 0 Å². The number of fused-ring (bicyclic) bond motifs is 20. The first kappa shape index (κ1) is 37.7. The van der Waals surface area contributed by atoms with Crippen LogP contribution < -0.4 is 68.4 Å². The molecule has 0 fully saturated rings. The van der Waals surface area contributed by atoms with Crippen molar-refractivity contribution in [1.29, 1.82) is 0 Å². The number of nitrogens with zero attached hydrogens (tertiary/aromatic N) is 4. The Morgan fingerprint density at radius 2 is 0.640 bits per heavy atom. The van der Waals surface area contributed by atoms with E-state index < -0.39 is 165 Å². The number of aryl methyl sites for hydroxylation is 1. The van der Waals surface area contributed by atoms with Crippen LogP contribution in [0.5, 0.6) is 23.0 Å². The Balaban J connectivity index is 1.00. The van der Waals surface area contributed by atoms with Crippen LogP contribution in [0.3, 0.4) is 0 Å². The predicted octanol–water partition coefficient (Wildman–Crippen LogP) is 16.8. The molecule has 0 saturated carbocycles. The monoisotopic (exact) mass is 1290 g/mol. The molecule has 0 atom stereocenters.